The third-order valence-corrected chi connectivity index (χ3v) is 2.88. The molecule has 21 heavy (non-hydrogen) atoms. The van der Waals surface area contributed by atoms with Gasteiger partial charge in [0.25, 0.3) is 0 Å². The van der Waals surface area contributed by atoms with E-state index in [0.717, 1.165) is 0 Å². The van der Waals surface area contributed by atoms with E-state index in [1.807, 2.05) is 0 Å². The highest BCUT2D eigenvalue weighted by Crippen LogP contribution is 2.26. The van der Waals surface area contributed by atoms with E-state index in [2.05, 4.69) is 0 Å². The molecule has 0 aromatic heterocycles. The first kappa shape index (κ1) is 14.5. The predicted molar refractivity (Wildman–Crippen MR) is 76.9 cm³/mol. The van der Waals surface area contributed by atoms with Crippen LogP contribution in [0.5, 0.6) is 23.0 Å². The summed E-state index contributed by atoms with van der Waals surface area (Å²) in [6.45, 7) is 0.0109. The van der Waals surface area contributed by atoms with Crippen molar-refractivity contribution in [2.75, 3.05) is 7.11 Å². The van der Waals surface area contributed by atoms with Crippen molar-refractivity contribution >= 4 is 6.21 Å². The molecule has 0 amide bonds. The van der Waals surface area contributed by atoms with Gasteiger partial charge >= 0.3 is 0 Å². The average molecular weight is 289 g/mol. The minimum absolute atomic E-state index is 0.00411. The summed E-state index contributed by atoms with van der Waals surface area (Å²) in [6.07, 6.45) is 1.34. The van der Waals surface area contributed by atoms with Crippen LogP contribution in [0.25, 0.3) is 0 Å². The van der Waals surface area contributed by atoms with Crippen molar-refractivity contribution in [1.29, 1.82) is 0 Å². The molecule has 3 N–H and O–H groups in total. The molecule has 0 aliphatic heterocycles. The first-order chi connectivity index (χ1) is 9.99. The fourth-order valence-electron chi connectivity index (χ4n) is 1.83. The topological polar surface area (TPSA) is 96.0 Å². The quantitative estimate of drug-likeness (QED) is 0.263. The molecule has 0 aliphatic rings. The summed E-state index contributed by atoms with van der Waals surface area (Å²) in [6, 6.07) is 8.75. The maximum absolute atomic E-state index is 11.9. The SMILES string of the molecule is COc1cc(/C=[N+](/[O-])Cc2ccc(O)c(O)c2)ccc1O. The Morgan fingerprint density at radius 1 is 1.05 bits per heavy atom. The minimum atomic E-state index is -0.271. The van der Waals surface area contributed by atoms with E-state index in [4.69, 9.17) is 4.74 Å². The molecule has 6 nitrogen and oxygen atoms in total. The molecule has 0 heterocycles. The number of hydroxylamine groups is 1. The van der Waals surface area contributed by atoms with Gasteiger partial charge in [0.1, 0.15) is 0 Å². The van der Waals surface area contributed by atoms with Crippen LogP contribution in [0.1, 0.15) is 11.1 Å². The Morgan fingerprint density at radius 3 is 2.43 bits per heavy atom. The largest absolute Gasteiger partial charge is 0.624 e. The summed E-state index contributed by atoms with van der Waals surface area (Å²) in [5.74, 6) is -0.231. The first-order valence-electron chi connectivity index (χ1n) is 6.16. The molecule has 0 saturated carbocycles. The molecular formula is C15H15NO5. The second-order valence-electron chi connectivity index (χ2n) is 4.46. The van der Waals surface area contributed by atoms with Crippen molar-refractivity contribution in [1.82, 2.24) is 0 Å². The van der Waals surface area contributed by atoms with Crippen LogP contribution >= 0.6 is 0 Å². The Morgan fingerprint density at radius 2 is 1.76 bits per heavy atom. The van der Waals surface area contributed by atoms with E-state index in [0.29, 0.717) is 15.9 Å². The lowest BCUT2D eigenvalue weighted by Gasteiger charge is -2.07. The molecular weight excluding hydrogens is 274 g/mol. The number of benzene rings is 2. The van der Waals surface area contributed by atoms with Crippen LogP contribution in [0.3, 0.4) is 0 Å². The zero-order chi connectivity index (χ0) is 15.4. The van der Waals surface area contributed by atoms with Gasteiger partial charge in [0, 0.05) is 11.1 Å². The van der Waals surface area contributed by atoms with Gasteiger partial charge in [0.2, 0.25) is 0 Å². The third kappa shape index (κ3) is 3.56. The van der Waals surface area contributed by atoms with E-state index in [1.54, 1.807) is 12.1 Å². The van der Waals surface area contributed by atoms with Crippen LogP contribution in [0.2, 0.25) is 0 Å². The van der Waals surface area contributed by atoms with Crippen LogP contribution in [0.4, 0.5) is 0 Å². The second kappa shape index (κ2) is 6.04. The number of methoxy groups -OCH3 is 1. The van der Waals surface area contributed by atoms with Gasteiger partial charge in [0.15, 0.2) is 35.8 Å². The number of nitrogens with zero attached hydrogens (tertiary/aromatic N) is 1. The van der Waals surface area contributed by atoms with Crippen molar-refractivity contribution in [3.05, 3.63) is 52.7 Å². The zero-order valence-electron chi connectivity index (χ0n) is 11.4. The molecule has 110 valence electrons. The van der Waals surface area contributed by atoms with Crippen LogP contribution in [0, 0.1) is 5.21 Å². The van der Waals surface area contributed by atoms with Crippen LogP contribution in [0.15, 0.2) is 36.4 Å². The Balaban J connectivity index is 2.19. The van der Waals surface area contributed by atoms with Gasteiger partial charge in [-0.25, -0.2) is 4.74 Å². The summed E-state index contributed by atoms with van der Waals surface area (Å²) < 4.78 is 5.64. The highest BCUT2D eigenvalue weighted by molar-refractivity contribution is 5.77. The van der Waals surface area contributed by atoms with E-state index in [-0.39, 0.29) is 29.5 Å². The standard InChI is InChI=1S/C15H15NO5/c1-21-15-7-11(3-5-13(15)18)9-16(20)8-10-2-4-12(17)14(19)6-10/h2-7,9,17-19H,8H2,1H3/b16-9+. The molecule has 0 bridgehead atoms. The summed E-state index contributed by atoms with van der Waals surface area (Å²) in [7, 11) is 1.42. The fourth-order valence-corrected chi connectivity index (χ4v) is 1.83. The van der Waals surface area contributed by atoms with Crippen molar-refractivity contribution in [2.45, 2.75) is 6.54 Å². The van der Waals surface area contributed by atoms with E-state index in [9.17, 15) is 20.5 Å². The lowest BCUT2D eigenvalue weighted by atomic mass is 10.2. The van der Waals surface area contributed by atoms with Crippen molar-refractivity contribution in [3.8, 4) is 23.0 Å². The van der Waals surface area contributed by atoms with Gasteiger partial charge in [-0.05, 0) is 36.4 Å². The molecule has 0 saturated heterocycles. The van der Waals surface area contributed by atoms with E-state index in [1.165, 1.54) is 37.6 Å². The summed E-state index contributed by atoms with van der Waals surface area (Å²) in [5, 5.41) is 39.9. The Bertz CT molecular complexity index is 682. The lowest BCUT2D eigenvalue weighted by Crippen LogP contribution is -2.05. The monoisotopic (exact) mass is 289 g/mol. The van der Waals surface area contributed by atoms with Crippen molar-refractivity contribution < 1.29 is 24.8 Å². The molecule has 0 atom stereocenters. The smallest absolute Gasteiger partial charge is 0.182 e. The predicted octanol–water partition coefficient (Wildman–Crippen LogP) is 1.94. The molecule has 2 aromatic rings. The lowest BCUT2D eigenvalue weighted by molar-refractivity contribution is -0.469. The van der Waals surface area contributed by atoms with Gasteiger partial charge in [-0.15, -0.1) is 0 Å². The second-order valence-corrected chi connectivity index (χ2v) is 4.46. The summed E-state index contributed by atoms with van der Waals surface area (Å²) in [5.41, 5.74) is 1.13. The number of hydrogen-bond donors (Lipinski definition) is 3. The maximum atomic E-state index is 11.9. The van der Waals surface area contributed by atoms with Gasteiger partial charge in [-0.2, -0.15) is 0 Å². The van der Waals surface area contributed by atoms with Crippen LogP contribution < -0.4 is 4.74 Å². The van der Waals surface area contributed by atoms with Gasteiger partial charge in [-0.1, -0.05) is 0 Å². The number of hydrogen-bond acceptors (Lipinski definition) is 5. The third-order valence-electron chi connectivity index (χ3n) is 2.88. The molecule has 0 radical (unpaired) electrons. The molecule has 0 fully saturated rings. The Labute approximate surface area is 121 Å². The van der Waals surface area contributed by atoms with Gasteiger partial charge < -0.3 is 25.3 Å². The van der Waals surface area contributed by atoms with E-state index >= 15 is 0 Å². The van der Waals surface area contributed by atoms with Gasteiger partial charge in [-0.3, -0.25) is 0 Å². The highest BCUT2D eigenvalue weighted by Gasteiger charge is 2.06. The Kier molecular flexibility index (Phi) is 4.18. The normalized spacial score (nSPS) is 11.4. The highest BCUT2D eigenvalue weighted by atomic mass is 16.5. The number of aromatic hydroxyl groups is 3. The molecule has 2 rings (SSSR count). The molecule has 0 aliphatic carbocycles. The molecule has 2 aromatic carbocycles. The summed E-state index contributed by atoms with van der Waals surface area (Å²) in [4.78, 5) is 0. The fraction of sp³-hybridized carbons (Fsp3) is 0.133. The van der Waals surface area contributed by atoms with Crippen molar-refractivity contribution in [3.63, 3.8) is 0 Å². The average Bonchev–Trinajstić information content (AvgIpc) is 2.45. The van der Waals surface area contributed by atoms with Gasteiger partial charge in [0.05, 0.1) is 7.11 Å². The van der Waals surface area contributed by atoms with E-state index < -0.39 is 0 Å². The first-order valence-corrected chi connectivity index (χ1v) is 6.16. The number of ether oxygens (including phenoxy) is 1. The van der Waals surface area contributed by atoms with Crippen LogP contribution in [-0.4, -0.2) is 33.4 Å². The molecule has 0 unspecified atom stereocenters. The van der Waals surface area contributed by atoms with Crippen molar-refractivity contribution in [2.24, 2.45) is 0 Å². The zero-order valence-corrected chi connectivity index (χ0v) is 11.4. The Hall–Kier alpha value is -2.89. The van der Waals surface area contributed by atoms with Crippen LogP contribution in [-0.2, 0) is 6.54 Å². The number of phenolic OH excluding ortho intramolecular Hbond substituents is 3. The number of rotatable bonds is 4. The molecule has 0 spiro atoms. The number of phenols is 3. The maximum Gasteiger partial charge on any atom is 0.182 e. The summed E-state index contributed by atoms with van der Waals surface area (Å²) >= 11 is 0. The molecule has 6 heteroatoms. The minimum Gasteiger partial charge on any atom is -0.624 e.